The Kier molecular flexibility index (Phi) is 5.91. The molecule has 0 atom stereocenters. The van der Waals surface area contributed by atoms with Crippen LogP contribution in [0.25, 0.3) is 0 Å². The Labute approximate surface area is 153 Å². The standard InChI is InChI=1S/C18H25ClN6/c1-13-23-24-17(25(13)2)12-21-18(22-16-8-3-4-9-16)20-11-14-6-5-7-15(19)10-14/h5-7,10,16H,3-4,8-9,11-12H2,1-2H3,(H2,20,21,22). The van der Waals surface area contributed by atoms with Crippen LogP contribution in [-0.2, 0) is 20.1 Å². The third kappa shape index (κ3) is 4.95. The first-order chi connectivity index (χ1) is 12.1. The molecule has 0 aliphatic heterocycles. The number of hydrogen-bond donors (Lipinski definition) is 2. The minimum absolute atomic E-state index is 0.492. The maximum absolute atomic E-state index is 6.06. The summed E-state index contributed by atoms with van der Waals surface area (Å²) in [5.74, 6) is 2.60. The van der Waals surface area contributed by atoms with Crippen molar-refractivity contribution in [1.29, 1.82) is 0 Å². The fourth-order valence-electron chi connectivity index (χ4n) is 2.99. The molecule has 6 nitrogen and oxygen atoms in total. The zero-order valence-electron chi connectivity index (χ0n) is 14.8. The van der Waals surface area contributed by atoms with Crippen LogP contribution in [0.15, 0.2) is 29.3 Å². The number of rotatable bonds is 5. The number of benzene rings is 1. The SMILES string of the molecule is Cc1nnc(CNC(=NCc2cccc(Cl)c2)NC2CCCC2)n1C. The number of aromatic nitrogens is 3. The molecule has 1 saturated carbocycles. The second-order valence-corrected chi connectivity index (χ2v) is 6.93. The lowest BCUT2D eigenvalue weighted by Gasteiger charge is -2.17. The molecule has 0 amide bonds. The largest absolute Gasteiger partial charge is 0.354 e. The third-order valence-electron chi connectivity index (χ3n) is 4.60. The highest BCUT2D eigenvalue weighted by atomic mass is 35.5. The van der Waals surface area contributed by atoms with Crippen molar-refractivity contribution in [2.75, 3.05) is 0 Å². The van der Waals surface area contributed by atoms with Gasteiger partial charge in [0, 0.05) is 18.1 Å². The van der Waals surface area contributed by atoms with E-state index < -0.39 is 0 Å². The highest BCUT2D eigenvalue weighted by Gasteiger charge is 2.16. The van der Waals surface area contributed by atoms with Gasteiger partial charge in [-0.15, -0.1) is 10.2 Å². The number of hydrogen-bond acceptors (Lipinski definition) is 3. The van der Waals surface area contributed by atoms with E-state index in [4.69, 9.17) is 16.6 Å². The van der Waals surface area contributed by atoms with Crippen LogP contribution in [0.3, 0.4) is 0 Å². The van der Waals surface area contributed by atoms with Crippen LogP contribution in [0.5, 0.6) is 0 Å². The molecule has 3 rings (SSSR count). The third-order valence-corrected chi connectivity index (χ3v) is 4.84. The second-order valence-electron chi connectivity index (χ2n) is 6.50. The van der Waals surface area contributed by atoms with Gasteiger partial charge in [-0.25, -0.2) is 4.99 Å². The Bertz CT molecular complexity index is 733. The predicted octanol–water partition coefficient (Wildman–Crippen LogP) is 2.95. The molecule has 1 aliphatic rings. The molecule has 1 aromatic carbocycles. The topological polar surface area (TPSA) is 67.1 Å². The first-order valence-electron chi connectivity index (χ1n) is 8.76. The summed E-state index contributed by atoms with van der Waals surface area (Å²) in [7, 11) is 1.97. The fraction of sp³-hybridized carbons (Fsp3) is 0.500. The minimum atomic E-state index is 0.492. The molecule has 1 heterocycles. The molecule has 134 valence electrons. The first-order valence-corrected chi connectivity index (χ1v) is 9.14. The fourth-order valence-corrected chi connectivity index (χ4v) is 3.20. The van der Waals surface area contributed by atoms with Gasteiger partial charge in [-0.05, 0) is 37.5 Å². The second kappa shape index (κ2) is 8.34. The van der Waals surface area contributed by atoms with Gasteiger partial charge in [-0.3, -0.25) is 0 Å². The summed E-state index contributed by atoms with van der Waals surface area (Å²) in [6.07, 6.45) is 4.95. The summed E-state index contributed by atoms with van der Waals surface area (Å²) in [5, 5.41) is 16.0. The van der Waals surface area contributed by atoms with Gasteiger partial charge < -0.3 is 15.2 Å². The molecule has 0 saturated heterocycles. The lowest BCUT2D eigenvalue weighted by atomic mass is 10.2. The van der Waals surface area contributed by atoms with Gasteiger partial charge in [0.25, 0.3) is 0 Å². The van der Waals surface area contributed by atoms with Crippen molar-refractivity contribution in [3.8, 4) is 0 Å². The first kappa shape index (κ1) is 17.7. The van der Waals surface area contributed by atoms with Gasteiger partial charge in [0.1, 0.15) is 5.82 Å². The number of aliphatic imine (C=N–C) groups is 1. The maximum Gasteiger partial charge on any atom is 0.192 e. The van der Waals surface area contributed by atoms with Crippen LogP contribution in [0.1, 0.15) is 42.9 Å². The molecule has 0 radical (unpaired) electrons. The average Bonchev–Trinajstić information content (AvgIpc) is 3.22. The summed E-state index contributed by atoms with van der Waals surface area (Å²) in [5.41, 5.74) is 1.09. The number of guanidine groups is 1. The van der Waals surface area contributed by atoms with Crippen molar-refractivity contribution in [1.82, 2.24) is 25.4 Å². The zero-order chi connectivity index (χ0) is 17.6. The van der Waals surface area contributed by atoms with Crippen molar-refractivity contribution in [3.05, 3.63) is 46.5 Å². The van der Waals surface area contributed by atoms with Crippen LogP contribution >= 0.6 is 11.6 Å². The van der Waals surface area contributed by atoms with Gasteiger partial charge in [0.05, 0.1) is 13.1 Å². The molecule has 1 fully saturated rings. The zero-order valence-corrected chi connectivity index (χ0v) is 15.6. The maximum atomic E-state index is 6.06. The normalized spacial score (nSPS) is 15.6. The Balaban J connectivity index is 1.67. The van der Waals surface area contributed by atoms with Crippen molar-refractivity contribution in [2.24, 2.45) is 12.0 Å². The molecular weight excluding hydrogens is 336 g/mol. The number of aryl methyl sites for hydroxylation is 1. The lowest BCUT2D eigenvalue weighted by molar-refractivity contribution is 0.606. The molecule has 1 aromatic heterocycles. The Hall–Kier alpha value is -2.08. The summed E-state index contributed by atoms with van der Waals surface area (Å²) < 4.78 is 1.98. The van der Waals surface area contributed by atoms with E-state index in [0.29, 0.717) is 19.1 Å². The van der Waals surface area contributed by atoms with Crippen LogP contribution in [0.2, 0.25) is 5.02 Å². The van der Waals surface area contributed by atoms with Gasteiger partial charge in [0.2, 0.25) is 0 Å². The van der Waals surface area contributed by atoms with Crippen LogP contribution in [-0.4, -0.2) is 26.8 Å². The quantitative estimate of drug-likeness (QED) is 0.635. The van der Waals surface area contributed by atoms with Gasteiger partial charge in [-0.2, -0.15) is 0 Å². The van der Waals surface area contributed by atoms with Crippen LogP contribution in [0, 0.1) is 6.92 Å². The molecule has 25 heavy (non-hydrogen) atoms. The summed E-state index contributed by atoms with van der Waals surface area (Å²) in [6, 6.07) is 8.30. The van der Waals surface area contributed by atoms with E-state index in [1.807, 2.05) is 42.8 Å². The lowest BCUT2D eigenvalue weighted by Crippen LogP contribution is -2.42. The van der Waals surface area contributed by atoms with Crippen molar-refractivity contribution in [2.45, 2.75) is 51.7 Å². The van der Waals surface area contributed by atoms with Crippen molar-refractivity contribution < 1.29 is 0 Å². The van der Waals surface area contributed by atoms with E-state index >= 15 is 0 Å². The minimum Gasteiger partial charge on any atom is -0.354 e. The van der Waals surface area contributed by atoms with Gasteiger partial charge in [-0.1, -0.05) is 36.6 Å². The smallest absolute Gasteiger partial charge is 0.192 e. The molecule has 0 unspecified atom stereocenters. The Morgan fingerprint density at radius 1 is 1.32 bits per heavy atom. The van der Waals surface area contributed by atoms with E-state index in [-0.39, 0.29) is 0 Å². The van der Waals surface area contributed by atoms with Crippen molar-refractivity contribution >= 4 is 17.6 Å². The van der Waals surface area contributed by atoms with Crippen molar-refractivity contribution in [3.63, 3.8) is 0 Å². The number of nitrogens with zero attached hydrogens (tertiary/aromatic N) is 4. The highest BCUT2D eigenvalue weighted by Crippen LogP contribution is 2.17. The van der Waals surface area contributed by atoms with E-state index in [1.54, 1.807) is 0 Å². The number of halogens is 1. The summed E-state index contributed by atoms with van der Waals surface area (Å²) >= 11 is 6.06. The molecule has 0 spiro atoms. The molecule has 7 heteroatoms. The van der Waals surface area contributed by atoms with E-state index in [0.717, 1.165) is 28.2 Å². The Morgan fingerprint density at radius 3 is 2.80 bits per heavy atom. The van der Waals surface area contributed by atoms with Gasteiger partial charge in [0.15, 0.2) is 11.8 Å². The van der Waals surface area contributed by atoms with E-state index in [9.17, 15) is 0 Å². The van der Waals surface area contributed by atoms with E-state index in [2.05, 4.69) is 20.8 Å². The highest BCUT2D eigenvalue weighted by molar-refractivity contribution is 6.30. The summed E-state index contributed by atoms with van der Waals surface area (Å²) in [4.78, 5) is 4.73. The molecule has 1 aliphatic carbocycles. The van der Waals surface area contributed by atoms with Crippen LogP contribution in [0.4, 0.5) is 0 Å². The monoisotopic (exact) mass is 360 g/mol. The number of nitrogens with one attached hydrogen (secondary N) is 2. The molecular formula is C18H25ClN6. The van der Waals surface area contributed by atoms with E-state index in [1.165, 1.54) is 25.7 Å². The summed E-state index contributed by atoms with van der Waals surface area (Å²) in [6.45, 7) is 3.12. The molecule has 0 bridgehead atoms. The molecule has 2 N–H and O–H groups in total. The van der Waals surface area contributed by atoms with Crippen LogP contribution < -0.4 is 10.6 Å². The van der Waals surface area contributed by atoms with Gasteiger partial charge >= 0.3 is 0 Å². The predicted molar refractivity (Wildman–Crippen MR) is 101 cm³/mol. The Morgan fingerprint density at radius 2 is 2.12 bits per heavy atom. The molecule has 2 aromatic rings. The average molecular weight is 361 g/mol.